The average Bonchev–Trinajstić information content (AvgIpc) is 2.42. The number of amides is 2. The van der Waals surface area contributed by atoms with E-state index in [1.54, 1.807) is 6.92 Å². The zero-order valence-electron chi connectivity index (χ0n) is 12.0. The van der Waals surface area contributed by atoms with E-state index < -0.39 is 23.6 Å². The Morgan fingerprint density at radius 2 is 2.00 bits per heavy atom. The van der Waals surface area contributed by atoms with Crippen LogP contribution in [0.3, 0.4) is 0 Å². The second kappa shape index (κ2) is 7.63. The molecule has 3 N–H and O–H groups in total. The number of hydrogen-bond donors (Lipinski definition) is 2. The molecule has 120 valence electrons. The summed E-state index contributed by atoms with van der Waals surface area (Å²) in [5.74, 6) is -0.885. The lowest BCUT2D eigenvalue weighted by molar-refractivity contribution is -0.137. The summed E-state index contributed by atoms with van der Waals surface area (Å²) in [6, 6.07) is 4.76. The van der Waals surface area contributed by atoms with Gasteiger partial charge in [0.2, 0.25) is 11.8 Å². The highest BCUT2D eigenvalue weighted by atomic mass is 19.4. The highest BCUT2D eigenvalue weighted by Crippen LogP contribution is 2.30. The molecule has 0 saturated carbocycles. The van der Waals surface area contributed by atoms with E-state index in [0.717, 1.165) is 12.1 Å². The van der Waals surface area contributed by atoms with Gasteiger partial charge in [0, 0.05) is 19.0 Å². The van der Waals surface area contributed by atoms with Gasteiger partial charge in [0.1, 0.15) is 0 Å². The molecule has 7 heteroatoms. The molecule has 0 aliphatic heterocycles. The van der Waals surface area contributed by atoms with Crippen LogP contribution in [0.15, 0.2) is 30.3 Å². The molecule has 1 aromatic rings. The molecule has 0 heterocycles. The van der Waals surface area contributed by atoms with Crippen molar-refractivity contribution in [3.63, 3.8) is 0 Å². The van der Waals surface area contributed by atoms with Crippen molar-refractivity contribution in [2.24, 2.45) is 5.73 Å². The Bertz CT molecular complexity index is 580. The van der Waals surface area contributed by atoms with Crippen LogP contribution in [0.5, 0.6) is 0 Å². The van der Waals surface area contributed by atoms with E-state index in [1.807, 2.05) is 0 Å². The normalized spacial score (nSPS) is 12.1. The van der Waals surface area contributed by atoms with Crippen molar-refractivity contribution in [1.82, 2.24) is 5.32 Å². The Morgan fingerprint density at radius 3 is 2.59 bits per heavy atom. The monoisotopic (exact) mass is 314 g/mol. The third-order valence-corrected chi connectivity index (χ3v) is 2.89. The molecular weight excluding hydrogens is 297 g/mol. The number of alkyl halides is 3. The van der Waals surface area contributed by atoms with Gasteiger partial charge in [0.15, 0.2) is 0 Å². The first-order chi connectivity index (χ1) is 10.2. The highest BCUT2D eigenvalue weighted by Gasteiger charge is 2.30. The standard InChI is InChI=1S/C15H17F3N2O2/c1-10(8-14(22)20-7-3-6-13(19)21)11-4-2-5-12(9-11)15(16,17)18/h2,4-5,8-9H,3,6-7H2,1H3,(H2,19,21)(H,20,22)/b10-8+. The van der Waals surface area contributed by atoms with Crippen LogP contribution in [0.1, 0.15) is 30.9 Å². The predicted octanol–water partition coefficient (Wildman–Crippen LogP) is 2.49. The molecule has 0 spiro atoms. The number of halogens is 3. The summed E-state index contributed by atoms with van der Waals surface area (Å²) in [7, 11) is 0. The number of nitrogens with one attached hydrogen (secondary N) is 1. The minimum atomic E-state index is -4.42. The molecular formula is C15H17F3N2O2. The van der Waals surface area contributed by atoms with Crippen molar-refractivity contribution in [3.05, 3.63) is 41.5 Å². The van der Waals surface area contributed by atoms with Crippen molar-refractivity contribution in [1.29, 1.82) is 0 Å². The minimum Gasteiger partial charge on any atom is -0.370 e. The van der Waals surface area contributed by atoms with Crippen LogP contribution in [0.4, 0.5) is 13.2 Å². The van der Waals surface area contributed by atoms with Crippen LogP contribution in [0.25, 0.3) is 5.57 Å². The summed E-state index contributed by atoms with van der Waals surface area (Å²) >= 11 is 0. The van der Waals surface area contributed by atoms with Gasteiger partial charge in [-0.05, 0) is 36.6 Å². The van der Waals surface area contributed by atoms with Crippen LogP contribution in [0, 0.1) is 0 Å². The van der Waals surface area contributed by atoms with Crippen LogP contribution in [-0.4, -0.2) is 18.4 Å². The van der Waals surface area contributed by atoms with Crippen molar-refractivity contribution >= 4 is 17.4 Å². The van der Waals surface area contributed by atoms with Gasteiger partial charge >= 0.3 is 6.18 Å². The quantitative estimate of drug-likeness (QED) is 0.625. The van der Waals surface area contributed by atoms with Crippen LogP contribution in [-0.2, 0) is 15.8 Å². The number of hydrogen-bond acceptors (Lipinski definition) is 2. The van der Waals surface area contributed by atoms with E-state index in [0.29, 0.717) is 17.6 Å². The smallest absolute Gasteiger partial charge is 0.370 e. The lowest BCUT2D eigenvalue weighted by Gasteiger charge is -2.09. The fourth-order valence-corrected chi connectivity index (χ4v) is 1.75. The van der Waals surface area contributed by atoms with E-state index in [9.17, 15) is 22.8 Å². The predicted molar refractivity (Wildman–Crippen MR) is 76.5 cm³/mol. The first kappa shape index (κ1) is 17.7. The summed E-state index contributed by atoms with van der Waals surface area (Å²) in [4.78, 5) is 22.2. The van der Waals surface area contributed by atoms with Gasteiger partial charge in [0.05, 0.1) is 5.56 Å². The number of carbonyl (C=O) groups excluding carboxylic acids is 2. The molecule has 0 atom stereocenters. The van der Waals surface area contributed by atoms with Crippen molar-refractivity contribution in [2.75, 3.05) is 6.54 Å². The van der Waals surface area contributed by atoms with Crippen molar-refractivity contribution in [2.45, 2.75) is 25.9 Å². The average molecular weight is 314 g/mol. The number of carbonyl (C=O) groups is 2. The van der Waals surface area contributed by atoms with Crippen LogP contribution < -0.4 is 11.1 Å². The molecule has 2 amide bonds. The molecule has 0 aliphatic rings. The zero-order valence-corrected chi connectivity index (χ0v) is 12.0. The Hall–Kier alpha value is -2.31. The lowest BCUT2D eigenvalue weighted by Crippen LogP contribution is -2.23. The van der Waals surface area contributed by atoms with Crippen LogP contribution >= 0.6 is 0 Å². The summed E-state index contributed by atoms with van der Waals surface area (Å²) in [5.41, 5.74) is 4.93. The van der Waals surface area contributed by atoms with E-state index in [1.165, 1.54) is 18.2 Å². The highest BCUT2D eigenvalue weighted by molar-refractivity contribution is 5.94. The van der Waals surface area contributed by atoms with Gasteiger partial charge < -0.3 is 11.1 Å². The third kappa shape index (κ3) is 5.99. The fraction of sp³-hybridized carbons (Fsp3) is 0.333. The number of benzene rings is 1. The molecule has 0 unspecified atom stereocenters. The lowest BCUT2D eigenvalue weighted by atomic mass is 10.0. The van der Waals surface area contributed by atoms with Gasteiger partial charge in [-0.25, -0.2) is 0 Å². The Morgan fingerprint density at radius 1 is 1.32 bits per heavy atom. The second-order valence-electron chi connectivity index (χ2n) is 4.77. The van der Waals surface area contributed by atoms with Crippen LogP contribution in [0.2, 0.25) is 0 Å². The van der Waals surface area contributed by atoms with Gasteiger partial charge in [0.25, 0.3) is 0 Å². The van der Waals surface area contributed by atoms with Gasteiger partial charge in [-0.1, -0.05) is 12.1 Å². The molecule has 22 heavy (non-hydrogen) atoms. The Kier molecular flexibility index (Phi) is 6.15. The Balaban J connectivity index is 2.68. The van der Waals surface area contributed by atoms with E-state index in [4.69, 9.17) is 5.73 Å². The molecule has 0 bridgehead atoms. The molecule has 0 fully saturated rings. The first-order valence-electron chi connectivity index (χ1n) is 6.62. The van der Waals surface area contributed by atoms with Gasteiger partial charge in [-0.3, -0.25) is 9.59 Å². The van der Waals surface area contributed by atoms with Crippen molar-refractivity contribution in [3.8, 4) is 0 Å². The number of nitrogens with two attached hydrogens (primary N) is 1. The molecule has 0 aromatic heterocycles. The fourth-order valence-electron chi connectivity index (χ4n) is 1.75. The summed E-state index contributed by atoms with van der Waals surface area (Å²) in [6.45, 7) is 1.83. The van der Waals surface area contributed by atoms with E-state index in [-0.39, 0.29) is 13.0 Å². The SMILES string of the molecule is C/C(=C\C(=O)NCCCC(N)=O)c1cccc(C(F)(F)F)c1. The topological polar surface area (TPSA) is 72.2 Å². The molecule has 1 aromatic carbocycles. The second-order valence-corrected chi connectivity index (χ2v) is 4.77. The third-order valence-electron chi connectivity index (χ3n) is 2.89. The van der Waals surface area contributed by atoms with Gasteiger partial charge in [-0.15, -0.1) is 0 Å². The summed E-state index contributed by atoms with van der Waals surface area (Å²) in [5, 5.41) is 2.54. The van der Waals surface area contributed by atoms with Gasteiger partial charge in [-0.2, -0.15) is 13.2 Å². The molecule has 0 radical (unpaired) electrons. The number of primary amides is 1. The first-order valence-corrected chi connectivity index (χ1v) is 6.62. The number of rotatable bonds is 6. The maximum Gasteiger partial charge on any atom is 0.416 e. The van der Waals surface area contributed by atoms with E-state index >= 15 is 0 Å². The molecule has 0 saturated heterocycles. The largest absolute Gasteiger partial charge is 0.416 e. The maximum atomic E-state index is 12.6. The molecule has 4 nitrogen and oxygen atoms in total. The number of allylic oxidation sites excluding steroid dienone is 1. The zero-order chi connectivity index (χ0) is 16.8. The Labute approximate surface area is 126 Å². The summed E-state index contributed by atoms with van der Waals surface area (Å²) in [6.07, 6.45) is -2.62. The maximum absolute atomic E-state index is 12.6. The summed E-state index contributed by atoms with van der Waals surface area (Å²) < 4.78 is 37.9. The van der Waals surface area contributed by atoms with E-state index in [2.05, 4.69) is 5.32 Å². The van der Waals surface area contributed by atoms with Crippen molar-refractivity contribution < 1.29 is 22.8 Å². The molecule has 0 aliphatic carbocycles. The minimum absolute atomic E-state index is 0.163. The molecule has 1 rings (SSSR count).